The second-order valence-corrected chi connectivity index (χ2v) is 6.05. The molecule has 2 rings (SSSR count). The first-order valence-corrected chi connectivity index (χ1v) is 7.41. The first-order chi connectivity index (χ1) is 9.04. The van der Waals surface area contributed by atoms with E-state index in [0.717, 1.165) is 16.0 Å². The van der Waals surface area contributed by atoms with E-state index in [-0.39, 0.29) is 5.92 Å². The van der Waals surface area contributed by atoms with Crippen molar-refractivity contribution >= 4 is 11.3 Å². The van der Waals surface area contributed by atoms with Gasteiger partial charge in [0.2, 0.25) is 0 Å². The summed E-state index contributed by atoms with van der Waals surface area (Å²) in [4.78, 5) is 1.02. The van der Waals surface area contributed by atoms with Crippen LogP contribution in [-0.4, -0.2) is 11.7 Å². The van der Waals surface area contributed by atoms with Crippen molar-refractivity contribution in [2.45, 2.75) is 32.8 Å². The van der Waals surface area contributed by atoms with E-state index in [0.29, 0.717) is 6.54 Å². The molecule has 2 aromatic rings. The Morgan fingerprint density at radius 2 is 1.84 bits per heavy atom. The van der Waals surface area contributed by atoms with Gasteiger partial charge in [-0.15, -0.1) is 11.3 Å². The van der Waals surface area contributed by atoms with Crippen molar-refractivity contribution in [3.8, 4) is 0 Å². The molecule has 2 atom stereocenters. The third-order valence-electron chi connectivity index (χ3n) is 3.76. The standard InChI is InChI=1S/C16H21NOS/c1-10-4-5-13(8-12(10)3)14(9-17)15(18)16-11(2)6-7-19-16/h4-8,14-15,18H,9,17H2,1-3H3. The Kier molecular flexibility index (Phi) is 4.40. The predicted molar refractivity (Wildman–Crippen MR) is 81.7 cm³/mol. The van der Waals surface area contributed by atoms with E-state index in [2.05, 4.69) is 32.0 Å². The zero-order valence-electron chi connectivity index (χ0n) is 11.7. The molecule has 0 fully saturated rings. The third-order valence-corrected chi connectivity index (χ3v) is 4.85. The maximum atomic E-state index is 10.6. The van der Waals surface area contributed by atoms with Crippen molar-refractivity contribution in [3.63, 3.8) is 0 Å². The molecule has 0 aliphatic rings. The molecule has 3 N–H and O–H groups in total. The highest BCUT2D eigenvalue weighted by Crippen LogP contribution is 2.35. The van der Waals surface area contributed by atoms with Crippen LogP contribution in [0.4, 0.5) is 0 Å². The van der Waals surface area contributed by atoms with Crippen LogP contribution in [0.25, 0.3) is 0 Å². The SMILES string of the molecule is Cc1ccc(C(CN)C(O)c2sccc2C)cc1C. The van der Waals surface area contributed by atoms with E-state index in [9.17, 15) is 5.11 Å². The summed E-state index contributed by atoms with van der Waals surface area (Å²) in [6, 6.07) is 8.35. The number of benzene rings is 1. The minimum atomic E-state index is -0.521. The molecule has 2 unspecified atom stereocenters. The summed E-state index contributed by atoms with van der Waals surface area (Å²) >= 11 is 1.60. The highest BCUT2D eigenvalue weighted by atomic mass is 32.1. The number of aliphatic hydroxyl groups is 1. The van der Waals surface area contributed by atoms with Crippen molar-refractivity contribution in [1.29, 1.82) is 0 Å². The average molecular weight is 275 g/mol. The summed E-state index contributed by atoms with van der Waals surface area (Å²) in [6.07, 6.45) is -0.521. The first kappa shape index (κ1) is 14.3. The van der Waals surface area contributed by atoms with Crippen LogP contribution < -0.4 is 5.73 Å². The number of thiophene rings is 1. The number of aryl methyl sites for hydroxylation is 3. The largest absolute Gasteiger partial charge is 0.387 e. The molecule has 19 heavy (non-hydrogen) atoms. The lowest BCUT2D eigenvalue weighted by molar-refractivity contribution is 0.150. The number of nitrogens with two attached hydrogens (primary N) is 1. The summed E-state index contributed by atoms with van der Waals surface area (Å²) < 4.78 is 0. The molecule has 0 bridgehead atoms. The summed E-state index contributed by atoms with van der Waals surface area (Å²) in [5.74, 6) is -0.0448. The van der Waals surface area contributed by atoms with Crippen LogP contribution in [0.15, 0.2) is 29.6 Å². The van der Waals surface area contributed by atoms with Gasteiger partial charge in [-0.3, -0.25) is 0 Å². The predicted octanol–water partition coefficient (Wildman–Crippen LogP) is 3.45. The second-order valence-electron chi connectivity index (χ2n) is 5.10. The average Bonchev–Trinajstić information content (AvgIpc) is 2.80. The van der Waals surface area contributed by atoms with Crippen LogP contribution in [0, 0.1) is 20.8 Å². The topological polar surface area (TPSA) is 46.2 Å². The van der Waals surface area contributed by atoms with Gasteiger partial charge >= 0.3 is 0 Å². The summed E-state index contributed by atoms with van der Waals surface area (Å²) in [6.45, 7) is 6.66. The minimum absolute atomic E-state index is 0.0448. The molecule has 0 radical (unpaired) electrons. The molecule has 0 aliphatic heterocycles. The molecule has 2 nitrogen and oxygen atoms in total. The molecule has 0 saturated heterocycles. The number of hydrogen-bond donors (Lipinski definition) is 2. The van der Waals surface area contributed by atoms with Gasteiger partial charge in [-0.1, -0.05) is 18.2 Å². The Morgan fingerprint density at radius 1 is 1.11 bits per heavy atom. The molecular weight excluding hydrogens is 254 g/mol. The van der Waals surface area contributed by atoms with Gasteiger partial charge in [0.15, 0.2) is 0 Å². The van der Waals surface area contributed by atoms with E-state index in [1.807, 2.05) is 18.4 Å². The first-order valence-electron chi connectivity index (χ1n) is 6.54. The third kappa shape index (κ3) is 2.89. The minimum Gasteiger partial charge on any atom is -0.387 e. The van der Waals surface area contributed by atoms with Crippen molar-refractivity contribution < 1.29 is 5.11 Å². The molecule has 0 spiro atoms. The molecule has 0 saturated carbocycles. The lowest BCUT2D eigenvalue weighted by atomic mass is 9.89. The Bertz CT molecular complexity index is 562. The summed E-state index contributed by atoms with van der Waals surface area (Å²) in [7, 11) is 0. The fourth-order valence-corrected chi connectivity index (χ4v) is 3.29. The number of aliphatic hydroxyl groups excluding tert-OH is 1. The van der Waals surface area contributed by atoms with Gasteiger partial charge in [0, 0.05) is 17.3 Å². The monoisotopic (exact) mass is 275 g/mol. The molecule has 1 aromatic carbocycles. The van der Waals surface area contributed by atoms with Crippen LogP contribution in [-0.2, 0) is 0 Å². The van der Waals surface area contributed by atoms with E-state index >= 15 is 0 Å². The molecule has 1 aromatic heterocycles. The van der Waals surface area contributed by atoms with Gasteiger partial charge in [-0.05, 0) is 54.5 Å². The Hall–Kier alpha value is -1.16. The summed E-state index contributed by atoms with van der Waals surface area (Å²) in [5.41, 5.74) is 10.7. The number of hydrogen-bond acceptors (Lipinski definition) is 3. The van der Waals surface area contributed by atoms with E-state index in [4.69, 9.17) is 5.73 Å². The van der Waals surface area contributed by atoms with Crippen LogP contribution in [0.5, 0.6) is 0 Å². The van der Waals surface area contributed by atoms with Crippen molar-refractivity contribution in [3.05, 3.63) is 56.8 Å². The zero-order valence-corrected chi connectivity index (χ0v) is 12.5. The van der Waals surface area contributed by atoms with Crippen molar-refractivity contribution in [2.75, 3.05) is 6.54 Å². The smallest absolute Gasteiger partial charge is 0.0964 e. The molecule has 0 amide bonds. The molecular formula is C16H21NOS. The maximum absolute atomic E-state index is 10.6. The van der Waals surface area contributed by atoms with E-state index in [1.165, 1.54) is 11.1 Å². The number of rotatable bonds is 4. The van der Waals surface area contributed by atoms with Gasteiger partial charge in [-0.2, -0.15) is 0 Å². The van der Waals surface area contributed by atoms with Gasteiger partial charge in [0.25, 0.3) is 0 Å². The Labute approximate surface area is 118 Å². The van der Waals surface area contributed by atoms with Gasteiger partial charge < -0.3 is 10.8 Å². The molecule has 0 aliphatic carbocycles. The zero-order chi connectivity index (χ0) is 14.0. The van der Waals surface area contributed by atoms with Gasteiger partial charge in [0.1, 0.15) is 0 Å². The van der Waals surface area contributed by atoms with Crippen LogP contribution in [0.3, 0.4) is 0 Å². The van der Waals surface area contributed by atoms with E-state index in [1.54, 1.807) is 11.3 Å². The van der Waals surface area contributed by atoms with E-state index < -0.39 is 6.10 Å². The summed E-state index contributed by atoms with van der Waals surface area (Å²) in [5, 5.41) is 12.6. The highest BCUT2D eigenvalue weighted by Gasteiger charge is 2.24. The lowest BCUT2D eigenvalue weighted by Crippen LogP contribution is -2.20. The van der Waals surface area contributed by atoms with Crippen LogP contribution >= 0.6 is 11.3 Å². The van der Waals surface area contributed by atoms with Crippen molar-refractivity contribution in [1.82, 2.24) is 0 Å². The quantitative estimate of drug-likeness (QED) is 0.897. The normalized spacial score (nSPS) is 14.4. The second kappa shape index (κ2) is 5.87. The van der Waals surface area contributed by atoms with Crippen LogP contribution in [0.1, 0.15) is 39.2 Å². The Balaban J connectivity index is 2.34. The molecule has 3 heteroatoms. The Morgan fingerprint density at radius 3 is 2.37 bits per heavy atom. The van der Waals surface area contributed by atoms with Crippen molar-refractivity contribution in [2.24, 2.45) is 5.73 Å². The van der Waals surface area contributed by atoms with Gasteiger partial charge in [0.05, 0.1) is 6.10 Å². The van der Waals surface area contributed by atoms with Gasteiger partial charge in [-0.25, -0.2) is 0 Å². The highest BCUT2D eigenvalue weighted by molar-refractivity contribution is 7.10. The lowest BCUT2D eigenvalue weighted by Gasteiger charge is -2.22. The molecule has 102 valence electrons. The fraction of sp³-hybridized carbons (Fsp3) is 0.375. The van der Waals surface area contributed by atoms with Crippen LogP contribution in [0.2, 0.25) is 0 Å². The maximum Gasteiger partial charge on any atom is 0.0964 e. The fourth-order valence-electron chi connectivity index (χ4n) is 2.31. The molecule has 1 heterocycles.